The highest BCUT2D eigenvalue weighted by Crippen LogP contribution is 2.31. The third-order valence-electron chi connectivity index (χ3n) is 3.44. The van der Waals surface area contributed by atoms with Gasteiger partial charge in [-0.2, -0.15) is 0 Å². The maximum Gasteiger partial charge on any atom is 0.106 e. The minimum atomic E-state index is 0.231. The first-order valence-corrected chi connectivity index (χ1v) is 7.85. The quantitative estimate of drug-likeness (QED) is 0.818. The molecule has 0 aliphatic heterocycles. The lowest BCUT2D eigenvalue weighted by atomic mass is 10.0. The van der Waals surface area contributed by atoms with Gasteiger partial charge in [-0.15, -0.1) is 11.3 Å². The van der Waals surface area contributed by atoms with Crippen molar-refractivity contribution in [2.24, 2.45) is 5.73 Å². The zero-order chi connectivity index (χ0) is 14.9. The molecule has 1 aromatic carbocycles. The van der Waals surface area contributed by atoms with Gasteiger partial charge in [-0.25, -0.2) is 0 Å². The number of benzene rings is 1. The number of hydrogen-bond acceptors (Lipinski definition) is 3. The maximum atomic E-state index is 5.83. The fourth-order valence-electron chi connectivity index (χ4n) is 2.44. The summed E-state index contributed by atoms with van der Waals surface area (Å²) < 4.78 is 0. The topological polar surface area (TPSA) is 38.0 Å². The van der Waals surface area contributed by atoms with Crippen molar-refractivity contribution in [3.63, 3.8) is 0 Å². The van der Waals surface area contributed by atoms with Crippen LogP contribution in [-0.4, -0.2) is 4.99 Å². The van der Waals surface area contributed by atoms with Gasteiger partial charge in [0.15, 0.2) is 0 Å². The van der Waals surface area contributed by atoms with E-state index in [4.69, 9.17) is 18.0 Å². The lowest BCUT2D eigenvalue weighted by Crippen LogP contribution is -2.16. The minimum absolute atomic E-state index is 0.231. The van der Waals surface area contributed by atoms with Crippen LogP contribution in [0, 0.1) is 20.8 Å². The highest BCUT2D eigenvalue weighted by atomic mass is 32.1. The number of anilines is 1. The van der Waals surface area contributed by atoms with Crippen molar-refractivity contribution in [2.75, 3.05) is 5.32 Å². The van der Waals surface area contributed by atoms with Crippen LogP contribution in [0.1, 0.15) is 39.4 Å². The van der Waals surface area contributed by atoms with E-state index in [1.165, 1.54) is 15.3 Å². The minimum Gasteiger partial charge on any atom is -0.389 e. The fraction of sp³-hybridized carbons (Fsp3) is 0.312. The molecule has 0 saturated heterocycles. The van der Waals surface area contributed by atoms with Crippen LogP contribution in [0.3, 0.4) is 0 Å². The Balaban J connectivity index is 2.35. The molecule has 1 heterocycles. The Morgan fingerprint density at radius 2 is 2.00 bits per heavy atom. The van der Waals surface area contributed by atoms with Gasteiger partial charge < -0.3 is 11.1 Å². The average molecular weight is 304 g/mol. The molecule has 0 saturated carbocycles. The van der Waals surface area contributed by atoms with Gasteiger partial charge in [-0.05, 0) is 51.0 Å². The van der Waals surface area contributed by atoms with Gasteiger partial charge in [0.1, 0.15) is 4.99 Å². The molecule has 2 rings (SSSR count). The lowest BCUT2D eigenvalue weighted by molar-refractivity contribution is 0.879. The summed E-state index contributed by atoms with van der Waals surface area (Å²) in [6.45, 7) is 8.55. The number of hydrogen-bond donors (Lipinski definition) is 2. The van der Waals surface area contributed by atoms with Gasteiger partial charge in [0.2, 0.25) is 0 Å². The number of nitrogens with one attached hydrogen (secondary N) is 1. The molecule has 4 heteroatoms. The average Bonchev–Trinajstić information content (AvgIpc) is 2.70. The van der Waals surface area contributed by atoms with E-state index < -0.39 is 0 Å². The van der Waals surface area contributed by atoms with E-state index in [1.807, 2.05) is 23.5 Å². The van der Waals surface area contributed by atoms with E-state index in [1.54, 1.807) is 0 Å². The molecule has 0 radical (unpaired) electrons. The molecule has 0 amide bonds. The molecule has 106 valence electrons. The predicted octanol–water partition coefficient (Wildman–Crippen LogP) is 4.48. The highest BCUT2D eigenvalue weighted by Gasteiger charge is 2.15. The lowest BCUT2D eigenvalue weighted by Gasteiger charge is -2.20. The first-order chi connectivity index (χ1) is 9.40. The van der Waals surface area contributed by atoms with E-state index in [0.29, 0.717) is 4.99 Å². The summed E-state index contributed by atoms with van der Waals surface area (Å²) in [5, 5.41) is 3.57. The van der Waals surface area contributed by atoms with Crippen LogP contribution in [0.2, 0.25) is 0 Å². The molecule has 0 bridgehead atoms. The molecule has 0 aliphatic carbocycles. The molecule has 0 fully saturated rings. The van der Waals surface area contributed by atoms with Crippen molar-refractivity contribution in [3.8, 4) is 0 Å². The van der Waals surface area contributed by atoms with Gasteiger partial charge in [-0.3, -0.25) is 0 Å². The van der Waals surface area contributed by atoms with Crippen LogP contribution in [-0.2, 0) is 0 Å². The van der Waals surface area contributed by atoms with E-state index in [9.17, 15) is 0 Å². The third kappa shape index (κ3) is 3.02. The summed E-state index contributed by atoms with van der Waals surface area (Å²) in [5.41, 5.74) is 10.3. The van der Waals surface area contributed by atoms with Crippen molar-refractivity contribution in [1.82, 2.24) is 0 Å². The van der Waals surface area contributed by atoms with Gasteiger partial charge in [0, 0.05) is 27.0 Å². The fourth-order valence-corrected chi connectivity index (χ4v) is 3.63. The summed E-state index contributed by atoms with van der Waals surface area (Å²) >= 11 is 6.98. The van der Waals surface area contributed by atoms with Crippen LogP contribution in [0.15, 0.2) is 24.3 Å². The van der Waals surface area contributed by atoms with E-state index in [0.717, 1.165) is 16.8 Å². The predicted molar refractivity (Wildman–Crippen MR) is 92.9 cm³/mol. The largest absolute Gasteiger partial charge is 0.389 e. The second-order valence-corrected chi connectivity index (χ2v) is 7.00. The van der Waals surface area contributed by atoms with Crippen molar-refractivity contribution < 1.29 is 0 Å². The molecule has 0 spiro atoms. The summed E-state index contributed by atoms with van der Waals surface area (Å²) in [4.78, 5) is 3.13. The van der Waals surface area contributed by atoms with Crippen LogP contribution in [0.5, 0.6) is 0 Å². The zero-order valence-electron chi connectivity index (χ0n) is 12.3. The summed E-state index contributed by atoms with van der Waals surface area (Å²) in [6, 6.07) is 8.50. The SMILES string of the molecule is Cc1cc(C(C)Nc2c(C)cccc2C(N)=S)c(C)s1. The van der Waals surface area contributed by atoms with Gasteiger partial charge in [0.05, 0.1) is 0 Å². The standard InChI is InChI=1S/C16H20N2S2/c1-9-6-5-7-13(16(17)19)15(9)18-11(3)14-8-10(2)20-12(14)4/h5-8,11,18H,1-4H3,(H2,17,19). The Morgan fingerprint density at radius 3 is 2.55 bits per heavy atom. The van der Waals surface area contributed by atoms with Crippen LogP contribution < -0.4 is 11.1 Å². The number of para-hydroxylation sites is 1. The normalized spacial score (nSPS) is 12.2. The van der Waals surface area contributed by atoms with Gasteiger partial charge in [0.25, 0.3) is 0 Å². The van der Waals surface area contributed by atoms with Gasteiger partial charge in [-0.1, -0.05) is 24.4 Å². The van der Waals surface area contributed by atoms with Crippen molar-refractivity contribution >= 4 is 34.2 Å². The smallest absolute Gasteiger partial charge is 0.106 e. The van der Waals surface area contributed by atoms with Crippen LogP contribution in [0.25, 0.3) is 0 Å². The summed E-state index contributed by atoms with van der Waals surface area (Å²) in [6.07, 6.45) is 0. The Bertz CT molecular complexity index is 644. The number of thiocarbonyl (C=S) groups is 1. The first kappa shape index (κ1) is 15.0. The second kappa shape index (κ2) is 5.94. The molecule has 2 nitrogen and oxygen atoms in total. The zero-order valence-corrected chi connectivity index (χ0v) is 13.9. The van der Waals surface area contributed by atoms with Crippen molar-refractivity contribution in [3.05, 3.63) is 50.7 Å². The number of thiophene rings is 1. The Hall–Kier alpha value is -1.39. The monoisotopic (exact) mass is 304 g/mol. The van der Waals surface area contributed by atoms with Crippen molar-refractivity contribution in [2.45, 2.75) is 33.7 Å². The van der Waals surface area contributed by atoms with E-state index in [2.05, 4.69) is 45.1 Å². The number of aryl methyl sites for hydroxylation is 3. The maximum absolute atomic E-state index is 5.83. The molecule has 1 aromatic heterocycles. The van der Waals surface area contributed by atoms with Crippen LogP contribution in [0.4, 0.5) is 5.69 Å². The molecule has 20 heavy (non-hydrogen) atoms. The molecule has 1 atom stereocenters. The third-order valence-corrected chi connectivity index (χ3v) is 4.65. The second-order valence-electron chi connectivity index (χ2n) is 5.10. The Labute approximate surface area is 130 Å². The molecule has 1 unspecified atom stereocenters. The molecule has 2 aromatic rings. The van der Waals surface area contributed by atoms with Crippen LogP contribution >= 0.6 is 23.6 Å². The Kier molecular flexibility index (Phi) is 4.45. The summed E-state index contributed by atoms with van der Waals surface area (Å²) in [5.74, 6) is 0. The highest BCUT2D eigenvalue weighted by molar-refractivity contribution is 7.80. The van der Waals surface area contributed by atoms with E-state index >= 15 is 0 Å². The summed E-state index contributed by atoms with van der Waals surface area (Å²) in [7, 11) is 0. The number of rotatable bonds is 4. The molecular formula is C16H20N2S2. The van der Waals surface area contributed by atoms with E-state index in [-0.39, 0.29) is 6.04 Å². The van der Waals surface area contributed by atoms with Crippen molar-refractivity contribution in [1.29, 1.82) is 0 Å². The molecular weight excluding hydrogens is 284 g/mol. The van der Waals surface area contributed by atoms with Gasteiger partial charge >= 0.3 is 0 Å². The first-order valence-electron chi connectivity index (χ1n) is 6.63. The number of nitrogens with two attached hydrogens (primary N) is 1. The Morgan fingerprint density at radius 1 is 1.30 bits per heavy atom. The molecule has 0 aliphatic rings. The molecule has 3 N–H and O–H groups in total.